The van der Waals surface area contributed by atoms with Crippen LogP contribution < -0.4 is 0 Å². The maximum absolute atomic E-state index is 12.5. The van der Waals surface area contributed by atoms with Gasteiger partial charge in [0.15, 0.2) is 5.69 Å². The van der Waals surface area contributed by atoms with E-state index in [1.165, 1.54) is 40.0 Å². The van der Waals surface area contributed by atoms with Crippen molar-refractivity contribution in [1.82, 2.24) is 14.7 Å². The summed E-state index contributed by atoms with van der Waals surface area (Å²) in [4.78, 5) is 35.3. The predicted octanol–water partition coefficient (Wildman–Crippen LogP) is 1.96. The Hall–Kier alpha value is -3.23. The van der Waals surface area contributed by atoms with Crippen molar-refractivity contribution in [3.63, 3.8) is 0 Å². The molecule has 0 unspecified atom stereocenters. The Balaban J connectivity index is 2.32. The van der Waals surface area contributed by atoms with Gasteiger partial charge in [-0.2, -0.15) is 5.10 Å². The van der Waals surface area contributed by atoms with Crippen LogP contribution in [0.25, 0.3) is 5.69 Å². The zero-order valence-corrected chi connectivity index (χ0v) is 13.8. The first kappa shape index (κ1) is 18.1. The zero-order valence-electron chi connectivity index (χ0n) is 13.8. The Morgan fingerprint density at radius 3 is 2.60 bits per heavy atom. The second kappa shape index (κ2) is 7.56. The number of hydrogen-bond donors (Lipinski definition) is 1. The number of carbonyl (C=O) groups excluding carboxylic acids is 1. The number of hydrogen-bond acceptors (Lipinski definition) is 5. The minimum absolute atomic E-state index is 0.0278. The molecular weight excluding hydrogens is 328 g/mol. The average Bonchev–Trinajstić information content (AvgIpc) is 3.02. The number of benzene rings is 1. The quantitative estimate of drug-likeness (QED) is 0.605. The molecule has 0 aliphatic heterocycles. The van der Waals surface area contributed by atoms with E-state index in [0.717, 1.165) is 0 Å². The highest BCUT2D eigenvalue weighted by Gasteiger charge is 2.23. The summed E-state index contributed by atoms with van der Waals surface area (Å²) < 4.78 is 1.24. The van der Waals surface area contributed by atoms with Crippen LogP contribution in [0.15, 0.2) is 36.5 Å². The highest BCUT2D eigenvalue weighted by Crippen LogP contribution is 2.21. The maximum Gasteiger partial charge on any atom is 0.323 e. The van der Waals surface area contributed by atoms with Crippen molar-refractivity contribution in [2.45, 2.75) is 13.8 Å². The third kappa shape index (κ3) is 4.40. The number of nitro benzene ring substituents is 1. The molecular formula is C16H18N4O5. The van der Waals surface area contributed by atoms with Crippen molar-refractivity contribution in [2.75, 3.05) is 13.1 Å². The molecule has 1 heterocycles. The second-order valence-electron chi connectivity index (χ2n) is 5.86. The fourth-order valence-corrected chi connectivity index (χ4v) is 2.37. The van der Waals surface area contributed by atoms with Gasteiger partial charge in [-0.3, -0.25) is 19.7 Å². The minimum atomic E-state index is -1.12. The standard InChI is InChI=1S/C16H18N4O5/c1-11(2)9-18(10-15(21)22)16(23)12-7-8-19(17-12)13-5-3-4-6-14(13)20(24)25/h3-8,11H,9-10H2,1-2H3,(H,21,22). The molecule has 1 aromatic carbocycles. The highest BCUT2D eigenvalue weighted by atomic mass is 16.6. The lowest BCUT2D eigenvalue weighted by molar-refractivity contribution is -0.384. The smallest absolute Gasteiger partial charge is 0.323 e. The molecule has 0 saturated heterocycles. The largest absolute Gasteiger partial charge is 0.480 e. The summed E-state index contributed by atoms with van der Waals surface area (Å²) >= 11 is 0. The molecule has 0 bridgehead atoms. The molecule has 9 heteroatoms. The van der Waals surface area contributed by atoms with E-state index < -0.39 is 23.3 Å². The van der Waals surface area contributed by atoms with E-state index in [2.05, 4.69) is 5.10 Å². The van der Waals surface area contributed by atoms with Crippen LogP contribution in [0.5, 0.6) is 0 Å². The van der Waals surface area contributed by atoms with Gasteiger partial charge in [0.25, 0.3) is 11.6 Å². The lowest BCUT2D eigenvalue weighted by Crippen LogP contribution is -2.38. The number of aromatic nitrogens is 2. The number of carboxylic acid groups (broad SMARTS) is 1. The summed E-state index contributed by atoms with van der Waals surface area (Å²) in [6.07, 6.45) is 1.43. The lowest BCUT2D eigenvalue weighted by Gasteiger charge is -2.21. The van der Waals surface area contributed by atoms with Gasteiger partial charge in [0.1, 0.15) is 12.2 Å². The topological polar surface area (TPSA) is 119 Å². The molecule has 1 amide bonds. The summed E-state index contributed by atoms with van der Waals surface area (Å²) in [6.45, 7) is 3.57. The third-order valence-electron chi connectivity index (χ3n) is 3.33. The van der Waals surface area contributed by atoms with E-state index in [4.69, 9.17) is 5.11 Å². The Morgan fingerprint density at radius 1 is 1.32 bits per heavy atom. The Kier molecular flexibility index (Phi) is 5.48. The molecule has 132 valence electrons. The van der Waals surface area contributed by atoms with Gasteiger partial charge < -0.3 is 10.0 Å². The monoisotopic (exact) mass is 346 g/mol. The van der Waals surface area contributed by atoms with E-state index in [0.29, 0.717) is 0 Å². The SMILES string of the molecule is CC(C)CN(CC(=O)O)C(=O)c1ccn(-c2ccccc2[N+](=O)[O-])n1. The number of carbonyl (C=O) groups is 2. The van der Waals surface area contributed by atoms with Gasteiger partial charge in [0.2, 0.25) is 0 Å². The normalized spacial score (nSPS) is 10.7. The summed E-state index contributed by atoms with van der Waals surface area (Å²) in [7, 11) is 0. The molecule has 0 saturated carbocycles. The molecule has 1 aromatic heterocycles. The number of aliphatic carboxylic acids is 1. The average molecular weight is 346 g/mol. The fraction of sp³-hybridized carbons (Fsp3) is 0.312. The summed E-state index contributed by atoms with van der Waals surface area (Å²) in [5, 5.41) is 24.2. The predicted molar refractivity (Wildman–Crippen MR) is 88.6 cm³/mol. The first-order chi connectivity index (χ1) is 11.8. The molecule has 0 atom stereocenters. The van der Waals surface area contributed by atoms with Crippen molar-refractivity contribution in [2.24, 2.45) is 5.92 Å². The maximum atomic E-state index is 12.5. The van der Waals surface area contributed by atoms with Crippen LogP contribution in [0, 0.1) is 16.0 Å². The molecule has 0 radical (unpaired) electrons. The van der Waals surface area contributed by atoms with Crippen molar-refractivity contribution >= 4 is 17.6 Å². The number of rotatable bonds is 7. The number of nitro groups is 1. The molecule has 1 N–H and O–H groups in total. The lowest BCUT2D eigenvalue weighted by atomic mass is 10.2. The van der Waals surface area contributed by atoms with Crippen molar-refractivity contribution in [3.05, 3.63) is 52.3 Å². The Morgan fingerprint density at radius 2 is 2.00 bits per heavy atom. The van der Waals surface area contributed by atoms with Crippen molar-refractivity contribution in [1.29, 1.82) is 0 Å². The third-order valence-corrected chi connectivity index (χ3v) is 3.33. The van der Waals surface area contributed by atoms with Gasteiger partial charge in [-0.15, -0.1) is 0 Å². The van der Waals surface area contributed by atoms with Crippen LogP contribution in [0.4, 0.5) is 5.69 Å². The van der Waals surface area contributed by atoms with E-state index >= 15 is 0 Å². The van der Waals surface area contributed by atoms with Crippen LogP contribution in [-0.4, -0.2) is 49.7 Å². The van der Waals surface area contributed by atoms with Crippen LogP contribution in [0.1, 0.15) is 24.3 Å². The highest BCUT2D eigenvalue weighted by molar-refractivity contribution is 5.94. The van der Waals surface area contributed by atoms with Gasteiger partial charge >= 0.3 is 5.97 Å². The molecule has 2 aromatic rings. The molecule has 9 nitrogen and oxygen atoms in total. The van der Waals surface area contributed by atoms with E-state index in [1.54, 1.807) is 6.07 Å². The molecule has 0 spiro atoms. The Labute approximate surface area is 143 Å². The molecule has 0 fully saturated rings. The van der Waals surface area contributed by atoms with Gasteiger partial charge in [0, 0.05) is 18.8 Å². The van der Waals surface area contributed by atoms with Gasteiger partial charge in [-0.05, 0) is 18.1 Å². The first-order valence-electron chi connectivity index (χ1n) is 7.60. The number of carboxylic acids is 1. The summed E-state index contributed by atoms with van der Waals surface area (Å²) in [6, 6.07) is 7.43. The summed E-state index contributed by atoms with van der Waals surface area (Å²) in [5.74, 6) is -1.57. The zero-order chi connectivity index (χ0) is 18.6. The first-order valence-corrected chi connectivity index (χ1v) is 7.60. The number of para-hydroxylation sites is 2. The number of nitrogens with zero attached hydrogens (tertiary/aromatic N) is 4. The van der Waals surface area contributed by atoms with Gasteiger partial charge in [0.05, 0.1) is 4.92 Å². The van der Waals surface area contributed by atoms with Crippen LogP contribution in [0.2, 0.25) is 0 Å². The van der Waals surface area contributed by atoms with Crippen LogP contribution in [-0.2, 0) is 4.79 Å². The Bertz CT molecular complexity index is 799. The van der Waals surface area contributed by atoms with Gasteiger partial charge in [-0.25, -0.2) is 4.68 Å². The minimum Gasteiger partial charge on any atom is -0.480 e. The van der Waals surface area contributed by atoms with E-state index in [1.807, 2.05) is 13.8 Å². The molecule has 2 rings (SSSR count). The fourth-order valence-electron chi connectivity index (χ4n) is 2.37. The molecule has 25 heavy (non-hydrogen) atoms. The molecule has 0 aliphatic carbocycles. The number of amides is 1. The molecule has 0 aliphatic rings. The van der Waals surface area contributed by atoms with E-state index in [-0.39, 0.29) is 29.5 Å². The van der Waals surface area contributed by atoms with Crippen molar-refractivity contribution in [3.8, 4) is 5.69 Å². The van der Waals surface area contributed by atoms with Crippen molar-refractivity contribution < 1.29 is 19.6 Å². The van der Waals surface area contributed by atoms with Crippen LogP contribution >= 0.6 is 0 Å². The van der Waals surface area contributed by atoms with Crippen LogP contribution in [0.3, 0.4) is 0 Å². The van der Waals surface area contributed by atoms with Gasteiger partial charge in [-0.1, -0.05) is 26.0 Å². The summed E-state index contributed by atoms with van der Waals surface area (Å²) in [5.41, 5.74) is 0.106. The second-order valence-corrected chi connectivity index (χ2v) is 5.86. The van der Waals surface area contributed by atoms with E-state index in [9.17, 15) is 19.7 Å².